The molecule has 0 amide bonds. The van der Waals surface area contributed by atoms with Gasteiger partial charge in [0.05, 0.1) is 11.0 Å². The number of nitrogens with zero attached hydrogens (tertiary/aromatic N) is 2. The van der Waals surface area contributed by atoms with Crippen LogP contribution in [-0.4, -0.2) is 9.97 Å². The van der Waals surface area contributed by atoms with Crippen LogP contribution in [0, 0.1) is 0 Å². The van der Waals surface area contributed by atoms with Crippen LogP contribution < -0.4 is 5.73 Å². The number of aromatic nitrogens is 2. The first kappa shape index (κ1) is 9.78. The number of benzene rings is 2. The number of fused-ring (bicyclic) bond motifs is 1. The lowest BCUT2D eigenvalue weighted by Gasteiger charge is -2.05. The topological polar surface area (TPSA) is 51.8 Å². The van der Waals surface area contributed by atoms with E-state index in [0.29, 0.717) is 5.82 Å². The summed E-state index contributed by atoms with van der Waals surface area (Å²) in [6, 6.07) is 17.6. The zero-order valence-electron chi connectivity index (χ0n) is 9.17. The molecule has 0 aliphatic rings. The van der Waals surface area contributed by atoms with Gasteiger partial charge in [0.2, 0.25) is 0 Å². The summed E-state index contributed by atoms with van der Waals surface area (Å²) in [5.41, 5.74) is 9.36. The van der Waals surface area contributed by atoms with E-state index >= 15 is 0 Å². The van der Waals surface area contributed by atoms with E-state index in [1.807, 2.05) is 54.6 Å². The monoisotopic (exact) mass is 221 g/mol. The van der Waals surface area contributed by atoms with Crippen LogP contribution >= 0.6 is 0 Å². The molecule has 3 aromatic rings. The molecule has 17 heavy (non-hydrogen) atoms. The number of para-hydroxylation sites is 2. The number of anilines is 1. The van der Waals surface area contributed by atoms with Gasteiger partial charge in [-0.2, -0.15) is 0 Å². The Labute approximate surface area is 98.9 Å². The molecule has 3 rings (SSSR count). The lowest BCUT2D eigenvalue weighted by Crippen LogP contribution is -1.98. The Kier molecular flexibility index (Phi) is 2.22. The lowest BCUT2D eigenvalue weighted by molar-refractivity contribution is 1.30. The summed E-state index contributed by atoms with van der Waals surface area (Å²) in [6.45, 7) is 0. The maximum Gasteiger partial charge on any atom is 0.150 e. The van der Waals surface area contributed by atoms with Gasteiger partial charge in [0.15, 0.2) is 5.82 Å². The van der Waals surface area contributed by atoms with Gasteiger partial charge in [-0.25, -0.2) is 9.97 Å². The maximum atomic E-state index is 5.95. The molecular weight excluding hydrogens is 210 g/mol. The normalized spacial score (nSPS) is 10.6. The lowest BCUT2D eigenvalue weighted by atomic mass is 10.1. The van der Waals surface area contributed by atoms with Crippen molar-refractivity contribution in [3.8, 4) is 11.3 Å². The van der Waals surface area contributed by atoms with Crippen LogP contribution in [0.25, 0.3) is 22.3 Å². The van der Waals surface area contributed by atoms with Crippen molar-refractivity contribution in [1.29, 1.82) is 0 Å². The van der Waals surface area contributed by atoms with Crippen LogP contribution in [-0.2, 0) is 0 Å². The molecule has 0 aliphatic carbocycles. The molecule has 2 aromatic carbocycles. The highest BCUT2D eigenvalue weighted by Gasteiger charge is 2.07. The molecule has 2 N–H and O–H groups in total. The fourth-order valence-electron chi connectivity index (χ4n) is 1.82. The van der Waals surface area contributed by atoms with Crippen LogP contribution in [0.3, 0.4) is 0 Å². The average molecular weight is 221 g/mol. The van der Waals surface area contributed by atoms with Crippen LogP contribution in [0.2, 0.25) is 0 Å². The Morgan fingerprint density at radius 3 is 2.00 bits per heavy atom. The number of nitrogens with two attached hydrogens (primary N) is 1. The summed E-state index contributed by atoms with van der Waals surface area (Å²) in [6.07, 6.45) is 0. The van der Waals surface area contributed by atoms with Gasteiger partial charge in [-0.05, 0) is 12.1 Å². The maximum absolute atomic E-state index is 5.95. The van der Waals surface area contributed by atoms with Gasteiger partial charge >= 0.3 is 0 Å². The van der Waals surface area contributed by atoms with Gasteiger partial charge < -0.3 is 5.73 Å². The second kappa shape index (κ2) is 3.87. The molecule has 1 aromatic heterocycles. The van der Waals surface area contributed by atoms with Gasteiger partial charge in [-0.3, -0.25) is 0 Å². The molecule has 0 saturated carbocycles. The Hall–Kier alpha value is -2.42. The third-order valence-electron chi connectivity index (χ3n) is 2.64. The fourth-order valence-corrected chi connectivity index (χ4v) is 1.82. The summed E-state index contributed by atoms with van der Waals surface area (Å²) in [5, 5.41) is 0. The summed E-state index contributed by atoms with van der Waals surface area (Å²) in [7, 11) is 0. The van der Waals surface area contributed by atoms with Crippen LogP contribution in [0.4, 0.5) is 5.82 Å². The summed E-state index contributed by atoms with van der Waals surface area (Å²) < 4.78 is 0. The molecule has 3 heteroatoms. The minimum Gasteiger partial charge on any atom is -0.382 e. The molecule has 0 atom stereocenters. The molecule has 1 heterocycles. The van der Waals surface area contributed by atoms with Gasteiger partial charge in [0, 0.05) is 5.56 Å². The zero-order chi connectivity index (χ0) is 11.7. The molecule has 0 unspecified atom stereocenters. The van der Waals surface area contributed by atoms with E-state index in [-0.39, 0.29) is 0 Å². The van der Waals surface area contributed by atoms with Crippen molar-refractivity contribution in [1.82, 2.24) is 9.97 Å². The van der Waals surface area contributed by atoms with Crippen molar-refractivity contribution in [3.63, 3.8) is 0 Å². The smallest absolute Gasteiger partial charge is 0.150 e. The molecule has 0 aliphatic heterocycles. The zero-order valence-corrected chi connectivity index (χ0v) is 9.17. The highest BCUT2D eigenvalue weighted by atomic mass is 14.9. The highest BCUT2D eigenvalue weighted by molar-refractivity contribution is 5.82. The Morgan fingerprint density at radius 2 is 1.29 bits per heavy atom. The molecule has 0 fully saturated rings. The van der Waals surface area contributed by atoms with E-state index in [9.17, 15) is 0 Å². The number of rotatable bonds is 1. The fraction of sp³-hybridized carbons (Fsp3) is 0. The molecule has 0 radical (unpaired) electrons. The number of hydrogen-bond donors (Lipinski definition) is 1. The molecule has 3 nitrogen and oxygen atoms in total. The van der Waals surface area contributed by atoms with Crippen molar-refractivity contribution in [2.75, 3.05) is 5.73 Å². The van der Waals surface area contributed by atoms with Gasteiger partial charge in [-0.15, -0.1) is 0 Å². The molecular formula is C14H11N3. The average Bonchev–Trinajstić information content (AvgIpc) is 2.39. The van der Waals surface area contributed by atoms with Crippen molar-refractivity contribution in [2.24, 2.45) is 0 Å². The van der Waals surface area contributed by atoms with Crippen LogP contribution in [0.1, 0.15) is 0 Å². The van der Waals surface area contributed by atoms with Crippen molar-refractivity contribution in [2.45, 2.75) is 0 Å². The number of nitrogen functional groups attached to an aromatic ring is 1. The molecule has 82 valence electrons. The minimum atomic E-state index is 0.468. The van der Waals surface area contributed by atoms with Gasteiger partial charge in [0.1, 0.15) is 5.69 Å². The second-order valence-electron chi connectivity index (χ2n) is 3.81. The summed E-state index contributed by atoms with van der Waals surface area (Å²) >= 11 is 0. The number of hydrogen-bond acceptors (Lipinski definition) is 3. The third kappa shape index (κ3) is 1.72. The van der Waals surface area contributed by atoms with Crippen LogP contribution in [0.5, 0.6) is 0 Å². The quantitative estimate of drug-likeness (QED) is 0.687. The predicted octanol–water partition coefficient (Wildman–Crippen LogP) is 2.88. The summed E-state index contributed by atoms with van der Waals surface area (Å²) in [4.78, 5) is 8.92. The SMILES string of the molecule is Nc1nc2ccccc2nc1-c1ccccc1. The standard InChI is InChI=1S/C14H11N3/c15-14-13(10-6-2-1-3-7-10)16-11-8-4-5-9-12(11)17-14/h1-9H,(H2,15,17). The molecule has 0 saturated heterocycles. The minimum absolute atomic E-state index is 0.468. The van der Waals surface area contributed by atoms with E-state index in [2.05, 4.69) is 9.97 Å². The van der Waals surface area contributed by atoms with Crippen molar-refractivity contribution >= 4 is 16.9 Å². The molecule has 0 spiro atoms. The first-order valence-corrected chi connectivity index (χ1v) is 5.42. The predicted molar refractivity (Wildman–Crippen MR) is 69.4 cm³/mol. The van der Waals surface area contributed by atoms with E-state index < -0.39 is 0 Å². The van der Waals surface area contributed by atoms with Crippen LogP contribution in [0.15, 0.2) is 54.6 Å². The Morgan fingerprint density at radius 1 is 0.706 bits per heavy atom. The first-order valence-electron chi connectivity index (χ1n) is 5.42. The van der Waals surface area contributed by atoms with E-state index in [4.69, 9.17) is 5.73 Å². The summed E-state index contributed by atoms with van der Waals surface area (Å²) in [5.74, 6) is 0.468. The Balaban J connectivity index is 2.27. The van der Waals surface area contributed by atoms with E-state index in [1.165, 1.54) is 0 Å². The van der Waals surface area contributed by atoms with E-state index in [1.54, 1.807) is 0 Å². The van der Waals surface area contributed by atoms with E-state index in [0.717, 1.165) is 22.3 Å². The second-order valence-corrected chi connectivity index (χ2v) is 3.81. The first-order chi connectivity index (χ1) is 8.34. The molecule has 0 bridgehead atoms. The third-order valence-corrected chi connectivity index (χ3v) is 2.64. The largest absolute Gasteiger partial charge is 0.382 e. The van der Waals surface area contributed by atoms with Crippen molar-refractivity contribution < 1.29 is 0 Å². The van der Waals surface area contributed by atoms with Gasteiger partial charge in [0.25, 0.3) is 0 Å². The van der Waals surface area contributed by atoms with Crippen molar-refractivity contribution in [3.05, 3.63) is 54.6 Å². The highest BCUT2D eigenvalue weighted by Crippen LogP contribution is 2.24. The van der Waals surface area contributed by atoms with Gasteiger partial charge in [-0.1, -0.05) is 42.5 Å². The Bertz CT molecular complexity index is 663.